The Morgan fingerprint density at radius 2 is 2.00 bits per heavy atom. The van der Waals surface area contributed by atoms with Crippen molar-refractivity contribution in [2.24, 2.45) is 5.92 Å². The number of aliphatic hydroxyl groups is 1. The first-order chi connectivity index (χ1) is 11.2. The third-order valence-corrected chi connectivity index (χ3v) is 4.65. The number of nitrogens with one attached hydrogen (secondary N) is 1. The van der Waals surface area contributed by atoms with Gasteiger partial charge in [0.2, 0.25) is 0 Å². The second kappa shape index (κ2) is 7.11. The second-order valence-corrected chi connectivity index (χ2v) is 6.34. The van der Waals surface area contributed by atoms with E-state index < -0.39 is 0 Å². The molecule has 1 aliphatic carbocycles. The van der Waals surface area contributed by atoms with Crippen LogP contribution in [0.15, 0.2) is 42.5 Å². The lowest BCUT2D eigenvalue weighted by Gasteiger charge is -2.13. The summed E-state index contributed by atoms with van der Waals surface area (Å²) in [5.74, 6) is 0.301. The van der Waals surface area contributed by atoms with Gasteiger partial charge >= 0.3 is 0 Å². The van der Waals surface area contributed by atoms with Gasteiger partial charge in [-0.05, 0) is 25.8 Å². The topological polar surface area (TPSA) is 50.1 Å². The summed E-state index contributed by atoms with van der Waals surface area (Å²) >= 11 is 0. The number of benzene rings is 1. The molecule has 0 fully saturated rings. The number of nitrogens with zero attached hydrogens (tertiary/aromatic N) is 2. The Morgan fingerprint density at radius 3 is 2.70 bits per heavy atom. The SMILES string of the molecule is Cc1nn(Cc2ccccc2)c(C)c1CN[C@@H]1C=C[C@H](CO)C1. The number of aliphatic hydroxyl groups excluding tert-OH is 1. The first-order valence-electron chi connectivity index (χ1n) is 8.26. The van der Waals surface area contributed by atoms with Crippen LogP contribution in [0.25, 0.3) is 0 Å². The van der Waals surface area contributed by atoms with Crippen LogP contribution in [-0.2, 0) is 13.1 Å². The van der Waals surface area contributed by atoms with Crippen molar-refractivity contribution in [3.05, 3.63) is 65.0 Å². The molecule has 1 aromatic carbocycles. The minimum Gasteiger partial charge on any atom is -0.396 e. The van der Waals surface area contributed by atoms with E-state index in [1.165, 1.54) is 16.8 Å². The molecule has 1 heterocycles. The van der Waals surface area contributed by atoms with Gasteiger partial charge in [0.1, 0.15) is 0 Å². The van der Waals surface area contributed by atoms with Gasteiger partial charge in [-0.1, -0.05) is 42.5 Å². The monoisotopic (exact) mass is 311 g/mol. The molecular formula is C19H25N3O. The highest BCUT2D eigenvalue weighted by Crippen LogP contribution is 2.19. The van der Waals surface area contributed by atoms with Crippen LogP contribution in [0.5, 0.6) is 0 Å². The van der Waals surface area contributed by atoms with E-state index in [1.54, 1.807) is 0 Å². The Balaban J connectivity index is 1.65. The van der Waals surface area contributed by atoms with Gasteiger partial charge in [-0.25, -0.2) is 0 Å². The fraction of sp³-hybridized carbons (Fsp3) is 0.421. The van der Waals surface area contributed by atoms with E-state index in [4.69, 9.17) is 5.10 Å². The quantitative estimate of drug-likeness (QED) is 0.806. The molecule has 0 spiro atoms. The highest BCUT2D eigenvalue weighted by molar-refractivity contribution is 5.26. The standard InChI is InChI=1S/C19H25N3O/c1-14-19(11-20-18-9-8-17(10-18)13-23)15(2)22(21-14)12-16-6-4-3-5-7-16/h3-9,17-18,20,23H,10-13H2,1-2H3/t17-,18+/m0/s1. The van der Waals surface area contributed by atoms with Gasteiger partial charge in [0, 0.05) is 36.4 Å². The van der Waals surface area contributed by atoms with E-state index in [9.17, 15) is 5.11 Å². The van der Waals surface area contributed by atoms with Crippen LogP contribution >= 0.6 is 0 Å². The zero-order valence-corrected chi connectivity index (χ0v) is 13.9. The molecule has 4 nitrogen and oxygen atoms in total. The maximum absolute atomic E-state index is 9.21. The predicted molar refractivity (Wildman–Crippen MR) is 92.2 cm³/mol. The van der Waals surface area contributed by atoms with Crippen LogP contribution in [0.3, 0.4) is 0 Å². The summed E-state index contributed by atoms with van der Waals surface area (Å²) in [5, 5.41) is 17.5. The van der Waals surface area contributed by atoms with E-state index in [2.05, 4.69) is 60.3 Å². The van der Waals surface area contributed by atoms with Crippen molar-refractivity contribution < 1.29 is 5.11 Å². The van der Waals surface area contributed by atoms with Crippen molar-refractivity contribution in [3.63, 3.8) is 0 Å². The van der Waals surface area contributed by atoms with Gasteiger partial charge in [0.15, 0.2) is 0 Å². The molecule has 0 radical (unpaired) electrons. The molecule has 0 amide bonds. The van der Waals surface area contributed by atoms with E-state index in [0.29, 0.717) is 12.0 Å². The molecule has 1 aliphatic rings. The average molecular weight is 311 g/mol. The molecular weight excluding hydrogens is 286 g/mol. The fourth-order valence-corrected chi connectivity index (χ4v) is 3.19. The molecule has 0 unspecified atom stereocenters. The van der Waals surface area contributed by atoms with Gasteiger partial charge in [-0.2, -0.15) is 5.10 Å². The molecule has 1 aromatic heterocycles. The average Bonchev–Trinajstić information content (AvgIpc) is 3.12. The Morgan fingerprint density at radius 1 is 1.22 bits per heavy atom. The number of aromatic nitrogens is 2. The maximum atomic E-state index is 9.21. The minimum absolute atomic E-state index is 0.238. The molecule has 2 N–H and O–H groups in total. The first kappa shape index (κ1) is 16.0. The van der Waals surface area contributed by atoms with E-state index in [1.807, 2.05) is 6.07 Å². The molecule has 3 rings (SSSR count). The van der Waals surface area contributed by atoms with Gasteiger partial charge in [0.05, 0.1) is 12.2 Å². The van der Waals surface area contributed by atoms with Gasteiger partial charge in [-0.15, -0.1) is 0 Å². The van der Waals surface area contributed by atoms with E-state index >= 15 is 0 Å². The van der Waals surface area contributed by atoms with Gasteiger partial charge in [-0.3, -0.25) is 4.68 Å². The highest BCUT2D eigenvalue weighted by Gasteiger charge is 2.19. The zero-order chi connectivity index (χ0) is 16.2. The van der Waals surface area contributed by atoms with Crippen molar-refractivity contribution in [2.75, 3.05) is 6.61 Å². The van der Waals surface area contributed by atoms with E-state index in [-0.39, 0.29) is 6.61 Å². The van der Waals surface area contributed by atoms with Crippen LogP contribution in [0, 0.1) is 19.8 Å². The van der Waals surface area contributed by atoms with Crippen molar-refractivity contribution in [3.8, 4) is 0 Å². The first-order valence-corrected chi connectivity index (χ1v) is 8.26. The largest absolute Gasteiger partial charge is 0.396 e. The summed E-state index contributed by atoms with van der Waals surface area (Å²) in [6.07, 6.45) is 5.25. The summed E-state index contributed by atoms with van der Waals surface area (Å²) in [4.78, 5) is 0. The van der Waals surface area contributed by atoms with Gasteiger partial charge < -0.3 is 10.4 Å². The van der Waals surface area contributed by atoms with Crippen LogP contribution < -0.4 is 5.32 Å². The van der Waals surface area contributed by atoms with Crippen LogP contribution in [-0.4, -0.2) is 27.5 Å². The Kier molecular flexibility index (Phi) is 4.94. The number of aryl methyl sites for hydroxylation is 1. The highest BCUT2D eigenvalue weighted by atomic mass is 16.3. The molecule has 4 heteroatoms. The van der Waals surface area contributed by atoms with Crippen molar-refractivity contribution >= 4 is 0 Å². The lowest BCUT2D eigenvalue weighted by molar-refractivity contribution is 0.246. The molecule has 0 saturated carbocycles. The summed E-state index contributed by atoms with van der Waals surface area (Å²) in [7, 11) is 0. The molecule has 0 saturated heterocycles. The van der Waals surface area contributed by atoms with Crippen molar-refractivity contribution in [1.82, 2.24) is 15.1 Å². The normalized spacial score (nSPS) is 20.3. The van der Waals surface area contributed by atoms with Crippen LogP contribution in [0.2, 0.25) is 0 Å². The predicted octanol–water partition coefficient (Wildman–Crippen LogP) is 2.57. The molecule has 23 heavy (non-hydrogen) atoms. The summed E-state index contributed by atoms with van der Waals surface area (Å²) in [5.41, 5.74) is 4.86. The smallest absolute Gasteiger partial charge is 0.0662 e. The maximum Gasteiger partial charge on any atom is 0.0662 e. The molecule has 0 bridgehead atoms. The van der Waals surface area contributed by atoms with Crippen LogP contribution in [0.1, 0.15) is 28.9 Å². The third-order valence-electron chi connectivity index (χ3n) is 4.65. The zero-order valence-electron chi connectivity index (χ0n) is 13.9. The minimum atomic E-state index is 0.238. The molecule has 122 valence electrons. The number of rotatable bonds is 6. The Labute approximate surface area is 137 Å². The number of hydrogen-bond donors (Lipinski definition) is 2. The summed E-state index contributed by atoms with van der Waals surface area (Å²) in [6.45, 7) is 6.08. The molecule has 2 aromatic rings. The third kappa shape index (κ3) is 3.71. The lowest BCUT2D eigenvalue weighted by Crippen LogP contribution is -2.26. The van der Waals surface area contributed by atoms with Crippen molar-refractivity contribution in [1.29, 1.82) is 0 Å². The van der Waals surface area contributed by atoms with Crippen molar-refractivity contribution in [2.45, 2.75) is 39.4 Å². The molecule has 0 aliphatic heterocycles. The van der Waals surface area contributed by atoms with Crippen LogP contribution in [0.4, 0.5) is 0 Å². The van der Waals surface area contributed by atoms with E-state index in [0.717, 1.165) is 25.2 Å². The summed E-state index contributed by atoms with van der Waals surface area (Å²) in [6, 6.07) is 10.8. The van der Waals surface area contributed by atoms with Gasteiger partial charge in [0.25, 0.3) is 0 Å². The molecule has 2 atom stereocenters. The summed E-state index contributed by atoms with van der Waals surface area (Å²) < 4.78 is 2.09. The lowest BCUT2D eigenvalue weighted by atomic mass is 10.1. The fourth-order valence-electron chi connectivity index (χ4n) is 3.19. The Bertz CT molecular complexity index is 675. The Hall–Kier alpha value is -1.91. The number of hydrogen-bond acceptors (Lipinski definition) is 3. The second-order valence-electron chi connectivity index (χ2n) is 6.34.